The molecule has 1 saturated heterocycles. The Balaban J connectivity index is 1.18. The van der Waals surface area contributed by atoms with E-state index in [-0.39, 0.29) is 37.3 Å². The summed E-state index contributed by atoms with van der Waals surface area (Å²) in [7, 11) is -9.03. The van der Waals surface area contributed by atoms with Crippen molar-refractivity contribution < 1.29 is 60.5 Å². The summed E-state index contributed by atoms with van der Waals surface area (Å²) in [5.74, 6) is 5.10. The van der Waals surface area contributed by atoms with Crippen molar-refractivity contribution in [3.05, 3.63) is 75.1 Å². The van der Waals surface area contributed by atoms with Gasteiger partial charge in [-0.3, -0.25) is 28.2 Å². The molecule has 23 heteroatoms. The molecule has 2 aromatic heterocycles. The van der Waals surface area contributed by atoms with Crippen LogP contribution in [0.1, 0.15) is 37.5 Å². The molecule has 3 heterocycles. The van der Waals surface area contributed by atoms with Crippen LogP contribution < -0.4 is 35.8 Å². The highest BCUT2D eigenvalue weighted by molar-refractivity contribution is 7.66. The molecule has 2 aromatic carbocycles. The van der Waals surface area contributed by atoms with E-state index in [1.807, 2.05) is 38.0 Å². The molecule has 20 nitrogen and oxygen atoms in total. The van der Waals surface area contributed by atoms with E-state index >= 15 is 0 Å². The van der Waals surface area contributed by atoms with Crippen molar-refractivity contribution in [3.8, 4) is 11.8 Å². The van der Waals surface area contributed by atoms with Crippen molar-refractivity contribution >= 4 is 62.6 Å². The van der Waals surface area contributed by atoms with Crippen LogP contribution in [0.15, 0.2) is 58.3 Å². The molecule has 0 aliphatic carbocycles. The van der Waals surface area contributed by atoms with Gasteiger partial charge in [0.2, 0.25) is 16.9 Å². The van der Waals surface area contributed by atoms with Crippen LogP contribution in [-0.2, 0) is 42.9 Å². The summed E-state index contributed by atoms with van der Waals surface area (Å²) in [6.07, 6.45) is 0.257. The van der Waals surface area contributed by atoms with Crippen molar-refractivity contribution in [2.24, 2.45) is 0 Å². The van der Waals surface area contributed by atoms with Crippen molar-refractivity contribution in [1.29, 1.82) is 0 Å². The van der Waals surface area contributed by atoms with Crippen LogP contribution in [-0.4, -0.2) is 77.6 Å². The van der Waals surface area contributed by atoms with Crippen LogP contribution >= 0.6 is 23.5 Å². The average molecular weight is 839 g/mol. The number of amides is 1. The zero-order valence-corrected chi connectivity index (χ0v) is 33.4. The first kappa shape index (κ1) is 42.9. The van der Waals surface area contributed by atoms with Gasteiger partial charge in [0, 0.05) is 81.5 Å². The quantitative estimate of drug-likeness (QED) is 0.0493. The maximum Gasteiger partial charge on any atom is 0.487 e. The van der Waals surface area contributed by atoms with Gasteiger partial charge >= 0.3 is 21.3 Å². The molecule has 5 rings (SSSR count). The average Bonchev–Trinajstić information content (AvgIpc) is 3.56. The molecule has 3 unspecified atom stereocenters. The standard InChI is InChI=1S/C33H41N6O14P3/c1-36(2)25-11-9-22-17-23-10-12-26(37(3)4)19-29(23)38(28(22)18-25)16-6-8-30(40)34-15-5-7-24-20-39(33(42)35-32(24)41)31-14-13-27(51-31)21-50-55(46,47)53-56(48,49)52-54(43,44)45/h9-12,17-20,27,31H,6,8,13-16,21H2,1-4H3,(H5-,34,35,40,41,42,43,44,45,46,47,48,49)/t27-,31+/m0/s1. The van der Waals surface area contributed by atoms with E-state index in [9.17, 15) is 42.8 Å². The van der Waals surface area contributed by atoms with E-state index in [0.29, 0.717) is 13.0 Å². The van der Waals surface area contributed by atoms with Crippen LogP contribution in [0.5, 0.6) is 0 Å². The summed E-state index contributed by atoms with van der Waals surface area (Å²) in [4.78, 5) is 82.2. The lowest BCUT2D eigenvalue weighted by Gasteiger charge is -2.21. The number of hydrogen-bond donors (Lipinski definition) is 5. The lowest BCUT2D eigenvalue weighted by molar-refractivity contribution is -0.645. The lowest BCUT2D eigenvalue weighted by Crippen LogP contribution is -2.37. The minimum Gasteiger partial charge on any atom is -0.756 e. The molecule has 4 aromatic rings. The summed E-state index contributed by atoms with van der Waals surface area (Å²) in [6, 6.07) is 14.7. The molecule has 0 radical (unpaired) electrons. The maximum atomic E-state index is 12.8. The number of aryl methyl sites for hydroxylation is 1. The van der Waals surface area contributed by atoms with Crippen LogP contribution in [0, 0.1) is 11.8 Å². The largest absolute Gasteiger partial charge is 0.756 e. The van der Waals surface area contributed by atoms with E-state index in [1.165, 1.54) is 0 Å². The number of H-pyrrole nitrogens is 1. The van der Waals surface area contributed by atoms with Gasteiger partial charge < -0.3 is 39.4 Å². The number of rotatable bonds is 15. The predicted molar refractivity (Wildman–Crippen MR) is 201 cm³/mol. The van der Waals surface area contributed by atoms with Gasteiger partial charge in [-0.25, -0.2) is 18.2 Å². The SMILES string of the molecule is CN(C)c1ccc2cc3ccc(N(C)C)cc3[n+](CCCC(=O)NCC#Cc3cn([C@H]4CC[C@@H](COP(=O)(O)OP(=O)(O)OP(=O)([O-])O)O4)c(=O)[nH]c3=O)c2c1. The van der Waals surface area contributed by atoms with Crippen LogP contribution in [0.25, 0.3) is 21.8 Å². The number of nitrogens with zero attached hydrogens (tertiary/aromatic N) is 4. The van der Waals surface area contributed by atoms with Gasteiger partial charge in [-0.1, -0.05) is 11.8 Å². The number of ether oxygens (including phenoxy) is 1. The van der Waals surface area contributed by atoms with E-state index in [0.717, 1.165) is 43.9 Å². The second-order valence-electron chi connectivity index (χ2n) is 13.1. The number of pyridine rings is 1. The Bertz CT molecular complexity index is 2390. The number of phosphoric ester groups is 1. The first-order valence-electron chi connectivity index (χ1n) is 17.0. The normalized spacial score (nSPS) is 18.7. The predicted octanol–water partition coefficient (Wildman–Crippen LogP) is 1.60. The van der Waals surface area contributed by atoms with Crippen LogP contribution in [0.4, 0.5) is 11.4 Å². The third-order valence-corrected chi connectivity index (χ3v) is 12.3. The fourth-order valence-corrected chi connectivity index (χ4v) is 8.93. The molecule has 1 amide bonds. The van der Waals surface area contributed by atoms with Crippen LogP contribution in [0.2, 0.25) is 0 Å². The zero-order chi connectivity index (χ0) is 41.0. The number of fused-ring (bicyclic) bond motifs is 2. The fourth-order valence-electron chi connectivity index (χ4n) is 5.92. The van der Waals surface area contributed by atoms with Gasteiger partial charge in [0.25, 0.3) is 13.4 Å². The van der Waals surface area contributed by atoms with E-state index in [2.05, 4.69) is 82.3 Å². The summed E-state index contributed by atoms with van der Waals surface area (Å²) in [5.41, 5.74) is 2.44. The summed E-state index contributed by atoms with van der Waals surface area (Å²) >= 11 is 0. The van der Waals surface area contributed by atoms with Gasteiger partial charge in [-0.05, 0) is 43.2 Å². The molecular weight excluding hydrogens is 797 g/mol. The molecule has 302 valence electrons. The van der Waals surface area contributed by atoms with E-state index in [1.54, 1.807) is 0 Å². The second-order valence-corrected chi connectivity index (χ2v) is 17.5. The minimum absolute atomic E-state index is 0.0841. The van der Waals surface area contributed by atoms with Gasteiger partial charge in [0.15, 0.2) is 0 Å². The molecule has 56 heavy (non-hydrogen) atoms. The Morgan fingerprint density at radius 2 is 1.61 bits per heavy atom. The summed E-state index contributed by atoms with van der Waals surface area (Å²) in [5, 5.41) is 4.88. The topological polar surface area (TPSA) is 266 Å². The van der Waals surface area contributed by atoms with Gasteiger partial charge in [0.05, 0.1) is 19.3 Å². The smallest absolute Gasteiger partial charge is 0.487 e. The molecule has 0 saturated carbocycles. The van der Waals surface area contributed by atoms with E-state index in [4.69, 9.17) is 9.63 Å². The second kappa shape index (κ2) is 17.5. The van der Waals surface area contributed by atoms with E-state index < -0.39 is 53.7 Å². The van der Waals surface area contributed by atoms with Crippen molar-refractivity contribution in [2.45, 2.75) is 44.6 Å². The highest BCUT2D eigenvalue weighted by Crippen LogP contribution is 2.65. The fraction of sp³-hybridized carbons (Fsp3) is 0.394. The molecule has 0 bridgehead atoms. The van der Waals surface area contributed by atoms with Crippen LogP contribution in [0.3, 0.4) is 0 Å². The molecule has 5 atom stereocenters. The Hall–Kier alpha value is -4.21. The molecule has 1 aliphatic rings. The molecular formula is C33H41N6O14P3. The number of aromatic amines is 1. The Labute approximate surface area is 320 Å². The molecule has 1 fully saturated rings. The maximum absolute atomic E-state index is 12.8. The summed E-state index contributed by atoms with van der Waals surface area (Å²) in [6.45, 7) is -0.230. The number of nitrogens with one attached hydrogen (secondary N) is 2. The Morgan fingerprint density at radius 3 is 2.20 bits per heavy atom. The molecule has 5 N–H and O–H groups in total. The molecule has 1 aliphatic heterocycles. The van der Waals surface area contributed by atoms with Crippen molar-refractivity contribution in [1.82, 2.24) is 14.9 Å². The number of carbonyl (C=O) groups is 1. The number of benzene rings is 2. The van der Waals surface area contributed by atoms with Crippen molar-refractivity contribution in [3.63, 3.8) is 0 Å². The number of hydrogen-bond acceptors (Lipinski definition) is 13. The monoisotopic (exact) mass is 838 g/mol. The Kier molecular flexibility index (Phi) is 13.4. The third kappa shape index (κ3) is 11.4. The number of aromatic nitrogens is 3. The molecule has 0 spiro atoms. The zero-order valence-electron chi connectivity index (χ0n) is 30.7. The number of phosphoric acid groups is 3. The van der Waals surface area contributed by atoms with Crippen molar-refractivity contribution in [2.75, 3.05) is 51.1 Å². The van der Waals surface area contributed by atoms with Gasteiger partial charge in [0.1, 0.15) is 18.3 Å². The van der Waals surface area contributed by atoms with Gasteiger partial charge in [-0.15, -0.1) is 0 Å². The third-order valence-electron chi connectivity index (χ3n) is 8.54. The number of anilines is 2. The minimum atomic E-state index is -5.80. The highest BCUT2D eigenvalue weighted by atomic mass is 31.3. The first-order valence-corrected chi connectivity index (χ1v) is 21.5. The van der Waals surface area contributed by atoms with Gasteiger partial charge in [-0.2, -0.15) is 8.88 Å². The summed E-state index contributed by atoms with van der Waals surface area (Å²) < 4.78 is 54.9. The Morgan fingerprint density at radius 1 is 0.982 bits per heavy atom. The first-order chi connectivity index (χ1) is 26.2. The number of carbonyl (C=O) groups excluding carboxylic acids is 1. The lowest BCUT2D eigenvalue weighted by atomic mass is 10.1. The highest BCUT2D eigenvalue weighted by Gasteiger charge is 2.39.